The lowest BCUT2D eigenvalue weighted by atomic mass is 10.0. The van der Waals surface area contributed by atoms with E-state index in [0.29, 0.717) is 13.2 Å². The fourth-order valence-electron chi connectivity index (χ4n) is 2.93. The molecule has 4 nitrogen and oxygen atoms in total. The van der Waals surface area contributed by atoms with Crippen LogP contribution in [0.2, 0.25) is 18.1 Å². The summed E-state index contributed by atoms with van der Waals surface area (Å²) in [6.45, 7) is 12.6. The van der Waals surface area contributed by atoms with Crippen LogP contribution >= 0.6 is 0 Å². The van der Waals surface area contributed by atoms with Gasteiger partial charge in [0.25, 0.3) is 0 Å². The Morgan fingerprint density at radius 2 is 1.73 bits per heavy atom. The molecule has 1 aliphatic heterocycles. The molecule has 1 saturated carbocycles. The molecule has 0 aromatic rings. The van der Waals surface area contributed by atoms with E-state index in [-0.39, 0.29) is 16.3 Å². The van der Waals surface area contributed by atoms with Crippen molar-refractivity contribution in [2.45, 2.75) is 88.7 Å². The Bertz CT molecular complexity index is 478. The van der Waals surface area contributed by atoms with Crippen LogP contribution in [0.3, 0.4) is 0 Å². The second kappa shape index (κ2) is 6.53. The standard InChI is InChI=1S/C16H33NO3SSi/c1-16(2,3)22(4,5)20-12-11-14-13-17(14)21(18,19)15-9-7-6-8-10-15/h14-15H,6-13H2,1-5H3. The second-order valence-electron chi connectivity index (χ2n) is 8.43. The summed E-state index contributed by atoms with van der Waals surface area (Å²) in [7, 11) is -4.76. The van der Waals surface area contributed by atoms with E-state index in [1.165, 1.54) is 6.42 Å². The number of sulfonamides is 1. The van der Waals surface area contributed by atoms with Gasteiger partial charge in [-0.05, 0) is 37.4 Å². The van der Waals surface area contributed by atoms with Crippen molar-refractivity contribution in [3.63, 3.8) is 0 Å². The van der Waals surface area contributed by atoms with Crippen molar-refractivity contribution >= 4 is 18.3 Å². The Morgan fingerprint density at radius 1 is 1.14 bits per heavy atom. The molecular weight excluding hydrogens is 314 g/mol. The Balaban J connectivity index is 1.78. The third-order valence-corrected chi connectivity index (χ3v) is 12.6. The van der Waals surface area contributed by atoms with Crippen LogP contribution < -0.4 is 0 Å². The molecule has 0 N–H and O–H groups in total. The smallest absolute Gasteiger partial charge is 0.217 e. The van der Waals surface area contributed by atoms with Crippen LogP contribution in [0, 0.1) is 0 Å². The molecule has 0 bridgehead atoms. The molecule has 6 heteroatoms. The molecule has 130 valence electrons. The van der Waals surface area contributed by atoms with Gasteiger partial charge in [0.1, 0.15) is 0 Å². The molecule has 2 atom stereocenters. The summed E-state index contributed by atoms with van der Waals surface area (Å²) in [6, 6.07) is 0.191. The Morgan fingerprint density at radius 3 is 2.27 bits per heavy atom. The zero-order chi connectivity index (χ0) is 16.6. The van der Waals surface area contributed by atoms with E-state index in [0.717, 1.165) is 32.1 Å². The quantitative estimate of drug-likeness (QED) is 0.543. The van der Waals surface area contributed by atoms with E-state index < -0.39 is 18.3 Å². The molecule has 1 heterocycles. The van der Waals surface area contributed by atoms with E-state index in [1.54, 1.807) is 4.31 Å². The van der Waals surface area contributed by atoms with Crippen LogP contribution in [-0.2, 0) is 14.4 Å². The van der Waals surface area contributed by atoms with Gasteiger partial charge in [-0.3, -0.25) is 0 Å². The third-order valence-electron chi connectivity index (χ3n) is 5.68. The monoisotopic (exact) mass is 347 g/mol. The first-order valence-corrected chi connectivity index (χ1v) is 13.1. The molecule has 22 heavy (non-hydrogen) atoms. The van der Waals surface area contributed by atoms with Crippen LogP contribution in [0.1, 0.15) is 59.3 Å². The molecule has 1 saturated heterocycles. The molecule has 1 aliphatic carbocycles. The van der Waals surface area contributed by atoms with Crippen molar-refractivity contribution in [2.75, 3.05) is 13.2 Å². The molecule has 0 radical (unpaired) electrons. The zero-order valence-electron chi connectivity index (χ0n) is 14.9. The molecule has 0 aromatic carbocycles. The summed E-state index contributed by atoms with van der Waals surface area (Å²) in [5.41, 5.74) is 0. The molecular formula is C16H33NO3SSi. The molecule has 0 spiro atoms. The van der Waals surface area contributed by atoms with E-state index in [1.807, 2.05) is 0 Å². The highest BCUT2D eigenvalue weighted by atomic mass is 32.2. The highest BCUT2D eigenvalue weighted by Gasteiger charge is 2.47. The lowest BCUT2D eigenvalue weighted by molar-refractivity contribution is 0.279. The predicted molar refractivity (Wildman–Crippen MR) is 94.1 cm³/mol. The van der Waals surface area contributed by atoms with Crippen molar-refractivity contribution in [3.05, 3.63) is 0 Å². The third kappa shape index (κ3) is 4.13. The minimum Gasteiger partial charge on any atom is -0.417 e. The van der Waals surface area contributed by atoms with Crippen molar-refractivity contribution in [3.8, 4) is 0 Å². The lowest BCUT2D eigenvalue weighted by Gasteiger charge is -2.36. The molecule has 2 unspecified atom stereocenters. The average Bonchev–Trinajstić information content (AvgIpc) is 3.18. The van der Waals surface area contributed by atoms with Gasteiger partial charge in [-0.1, -0.05) is 40.0 Å². The van der Waals surface area contributed by atoms with Gasteiger partial charge < -0.3 is 4.43 Å². The largest absolute Gasteiger partial charge is 0.417 e. The normalized spacial score (nSPS) is 27.9. The van der Waals surface area contributed by atoms with E-state index >= 15 is 0 Å². The first-order chi connectivity index (χ1) is 10.1. The highest BCUT2D eigenvalue weighted by molar-refractivity contribution is 7.90. The van der Waals surface area contributed by atoms with Gasteiger partial charge in [0.05, 0.1) is 5.25 Å². The molecule has 0 aromatic heterocycles. The molecule has 2 fully saturated rings. The van der Waals surface area contributed by atoms with E-state index in [2.05, 4.69) is 33.9 Å². The van der Waals surface area contributed by atoms with Crippen LogP contribution in [0.5, 0.6) is 0 Å². The van der Waals surface area contributed by atoms with Gasteiger partial charge in [-0.15, -0.1) is 0 Å². The van der Waals surface area contributed by atoms with Crippen LogP contribution in [-0.4, -0.2) is 45.5 Å². The number of nitrogens with zero attached hydrogens (tertiary/aromatic N) is 1. The Kier molecular flexibility index (Phi) is 5.47. The SMILES string of the molecule is CC(C)(C)[Si](C)(C)OCCC1CN1S(=O)(=O)C1CCCCC1. The molecule has 2 rings (SSSR count). The van der Waals surface area contributed by atoms with Gasteiger partial charge in [0.2, 0.25) is 10.0 Å². The van der Waals surface area contributed by atoms with Crippen molar-refractivity contribution in [2.24, 2.45) is 0 Å². The van der Waals surface area contributed by atoms with Crippen LogP contribution in [0.25, 0.3) is 0 Å². The summed E-state index contributed by atoms with van der Waals surface area (Å²) in [5, 5.41) is 0.0947. The van der Waals surface area contributed by atoms with E-state index in [4.69, 9.17) is 4.43 Å². The van der Waals surface area contributed by atoms with Gasteiger partial charge in [0.15, 0.2) is 8.32 Å². The van der Waals surface area contributed by atoms with Crippen molar-refractivity contribution in [1.29, 1.82) is 0 Å². The van der Waals surface area contributed by atoms with Gasteiger partial charge in [-0.25, -0.2) is 8.42 Å². The maximum Gasteiger partial charge on any atom is 0.217 e. The number of rotatable bonds is 6. The minimum atomic E-state index is -3.04. The van der Waals surface area contributed by atoms with Crippen molar-refractivity contribution < 1.29 is 12.8 Å². The Labute approximate surface area is 137 Å². The summed E-state index contributed by atoms with van der Waals surface area (Å²) in [6.07, 6.45) is 5.88. The summed E-state index contributed by atoms with van der Waals surface area (Å²) >= 11 is 0. The zero-order valence-corrected chi connectivity index (χ0v) is 16.7. The first kappa shape index (κ1) is 18.4. The number of hydrogen-bond acceptors (Lipinski definition) is 3. The van der Waals surface area contributed by atoms with E-state index in [9.17, 15) is 8.42 Å². The maximum atomic E-state index is 12.6. The summed E-state index contributed by atoms with van der Waals surface area (Å²) in [5.74, 6) is 0. The summed E-state index contributed by atoms with van der Waals surface area (Å²) in [4.78, 5) is 0. The summed E-state index contributed by atoms with van der Waals surface area (Å²) < 4.78 is 33.0. The number of hydrogen-bond donors (Lipinski definition) is 0. The topological polar surface area (TPSA) is 46.4 Å². The fraction of sp³-hybridized carbons (Fsp3) is 1.00. The second-order valence-corrected chi connectivity index (χ2v) is 15.4. The molecule has 0 amide bonds. The predicted octanol–water partition coefficient (Wildman–Crippen LogP) is 3.75. The lowest BCUT2D eigenvalue weighted by Crippen LogP contribution is -2.41. The van der Waals surface area contributed by atoms with Gasteiger partial charge >= 0.3 is 0 Å². The average molecular weight is 348 g/mol. The van der Waals surface area contributed by atoms with Crippen LogP contribution in [0.15, 0.2) is 0 Å². The van der Waals surface area contributed by atoms with Crippen LogP contribution in [0.4, 0.5) is 0 Å². The first-order valence-electron chi connectivity index (χ1n) is 8.70. The maximum absolute atomic E-state index is 12.6. The van der Waals surface area contributed by atoms with Crippen molar-refractivity contribution in [1.82, 2.24) is 4.31 Å². The minimum absolute atomic E-state index is 0.118. The van der Waals surface area contributed by atoms with Gasteiger partial charge in [-0.2, -0.15) is 4.31 Å². The Hall–Kier alpha value is 0.0869. The molecule has 2 aliphatic rings. The highest BCUT2D eigenvalue weighted by Crippen LogP contribution is 2.38. The fourth-order valence-corrected chi connectivity index (χ4v) is 6.20. The van der Waals surface area contributed by atoms with Gasteiger partial charge in [0, 0.05) is 19.2 Å².